The van der Waals surface area contributed by atoms with Crippen LogP contribution in [-0.4, -0.2) is 64.3 Å². The summed E-state index contributed by atoms with van der Waals surface area (Å²) in [5.74, 6) is -0.557. The molecule has 0 bridgehead atoms. The van der Waals surface area contributed by atoms with Crippen molar-refractivity contribution in [2.45, 2.75) is 52.0 Å². The minimum absolute atomic E-state index is 0.0986. The highest BCUT2D eigenvalue weighted by molar-refractivity contribution is 5.83. The third-order valence-electron chi connectivity index (χ3n) is 4.24. The molecule has 1 aliphatic heterocycles. The quantitative estimate of drug-likeness (QED) is 0.751. The number of piperidine rings is 1. The molecule has 2 unspecified atom stereocenters. The number of aliphatic hydroxyl groups excluding tert-OH is 1. The van der Waals surface area contributed by atoms with E-state index in [1.165, 1.54) is 4.90 Å². The van der Waals surface area contributed by atoms with Crippen molar-refractivity contribution in [1.82, 2.24) is 9.80 Å². The number of aliphatic hydroxyl groups is 1. The number of urea groups is 1. The Morgan fingerprint density at radius 3 is 2.52 bits per heavy atom. The number of aliphatic carboxylic acids is 1. The van der Waals surface area contributed by atoms with Gasteiger partial charge in [0.2, 0.25) is 0 Å². The zero-order chi connectivity index (χ0) is 15.8. The van der Waals surface area contributed by atoms with Gasteiger partial charge in [-0.25, -0.2) is 9.59 Å². The number of carbonyl (C=O) groups is 2. The number of amides is 2. The van der Waals surface area contributed by atoms with Crippen molar-refractivity contribution in [1.29, 1.82) is 0 Å². The molecule has 1 heterocycles. The van der Waals surface area contributed by atoms with Gasteiger partial charge in [0, 0.05) is 19.6 Å². The summed E-state index contributed by atoms with van der Waals surface area (Å²) >= 11 is 0. The van der Waals surface area contributed by atoms with E-state index in [0.717, 1.165) is 25.7 Å². The average Bonchev–Trinajstić information content (AvgIpc) is 2.50. The fraction of sp³-hybridized carbons (Fsp3) is 0.867. The number of carbonyl (C=O) groups excluding carboxylic acids is 1. The van der Waals surface area contributed by atoms with Crippen LogP contribution in [0.15, 0.2) is 0 Å². The lowest BCUT2D eigenvalue weighted by Gasteiger charge is -2.39. The van der Waals surface area contributed by atoms with E-state index in [4.69, 9.17) is 5.11 Å². The molecule has 1 rings (SSSR count). The van der Waals surface area contributed by atoms with Gasteiger partial charge in [-0.05, 0) is 25.2 Å². The molecule has 0 aromatic carbocycles. The summed E-state index contributed by atoms with van der Waals surface area (Å²) in [6, 6.07) is -0.988. The van der Waals surface area contributed by atoms with Crippen molar-refractivity contribution in [2.24, 2.45) is 5.92 Å². The Balaban J connectivity index is 2.78. The van der Waals surface area contributed by atoms with Gasteiger partial charge in [0.1, 0.15) is 6.04 Å². The second-order valence-corrected chi connectivity index (χ2v) is 5.69. The molecule has 2 N–H and O–H groups in total. The summed E-state index contributed by atoms with van der Waals surface area (Å²) in [6.45, 7) is 5.31. The van der Waals surface area contributed by atoms with E-state index in [1.807, 2.05) is 6.92 Å². The highest BCUT2D eigenvalue weighted by Gasteiger charge is 2.37. The second-order valence-electron chi connectivity index (χ2n) is 5.69. The largest absolute Gasteiger partial charge is 0.480 e. The third kappa shape index (κ3) is 4.88. The first-order valence-electron chi connectivity index (χ1n) is 7.94. The van der Waals surface area contributed by atoms with Crippen molar-refractivity contribution >= 4 is 12.0 Å². The van der Waals surface area contributed by atoms with E-state index in [1.54, 1.807) is 4.90 Å². The highest BCUT2D eigenvalue weighted by Crippen LogP contribution is 2.26. The van der Waals surface area contributed by atoms with Crippen molar-refractivity contribution < 1.29 is 19.8 Å². The number of likely N-dealkylation sites (tertiary alicyclic amines) is 1. The smallest absolute Gasteiger partial charge is 0.326 e. The van der Waals surface area contributed by atoms with Crippen LogP contribution in [0.3, 0.4) is 0 Å². The molecule has 0 aliphatic carbocycles. The lowest BCUT2D eigenvalue weighted by Crippen LogP contribution is -2.55. The van der Waals surface area contributed by atoms with Gasteiger partial charge in [-0.2, -0.15) is 0 Å². The van der Waals surface area contributed by atoms with Gasteiger partial charge < -0.3 is 20.0 Å². The zero-order valence-corrected chi connectivity index (χ0v) is 13.1. The SMILES string of the molecule is CCCCN(CCO)C(=O)N1CCC(CC)CC1C(=O)O. The van der Waals surface area contributed by atoms with E-state index in [9.17, 15) is 14.7 Å². The summed E-state index contributed by atoms with van der Waals surface area (Å²) in [6.07, 6.45) is 4.14. The number of carboxylic acid groups (broad SMARTS) is 1. The Hall–Kier alpha value is -1.30. The molecule has 2 atom stereocenters. The molecule has 0 spiro atoms. The van der Waals surface area contributed by atoms with Gasteiger partial charge in [-0.15, -0.1) is 0 Å². The van der Waals surface area contributed by atoms with Gasteiger partial charge in [-0.3, -0.25) is 0 Å². The minimum Gasteiger partial charge on any atom is -0.480 e. The number of nitrogens with zero attached hydrogens (tertiary/aromatic N) is 2. The highest BCUT2D eigenvalue weighted by atomic mass is 16.4. The molecule has 0 saturated carbocycles. The maximum atomic E-state index is 12.6. The van der Waals surface area contributed by atoms with Gasteiger partial charge in [0.25, 0.3) is 0 Å². The van der Waals surface area contributed by atoms with Crippen LogP contribution in [0.2, 0.25) is 0 Å². The van der Waals surface area contributed by atoms with Crippen molar-refractivity contribution in [2.75, 3.05) is 26.2 Å². The minimum atomic E-state index is -0.930. The van der Waals surface area contributed by atoms with Crippen molar-refractivity contribution in [3.8, 4) is 0 Å². The predicted octanol–water partition coefficient (Wildman–Crippen LogP) is 1.78. The Morgan fingerprint density at radius 2 is 2.00 bits per heavy atom. The molecule has 1 aliphatic rings. The molecule has 0 aromatic heterocycles. The third-order valence-corrected chi connectivity index (χ3v) is 4.24. The van der Waals surface area contributed by atoms with Crippen LogP contribution in [0.1, 0.15) is 46.0 Å². The Morgan fingerprint density at radius 1 is 1.29 bits per heavy atom. The van der Waals surface area contributed by atoms with Gasteiger partial charge in [0.15, 0.2) is 0 Å². The Bertz CT molecular complexity index is 349. The second kappa shape index (κ2) is 8.87. The van der Waals surface area contributed by atoms with Crippen LogP contribution in [-0.2, 0) is 4.79 Å². The zero-order valence-electron chi connectivity index (χ0n) is 13.1. The maximum Gasteiger partial charge on any atom is 0.326 e. The number of carboxylic acids is 1. The summed E-state index contributed by atoms with van der Waals surface area (Å²) in [4.78, 5) is 27.1. The fourth-order valence-electron chi connectivity index (χ4n) is 2.83. The molecule has 122 valence electrons. The molecule has 1 fully saturated rings. The lowest BCUT2D eigenvalue weighted by molar-refractivity contribution is -0.144. The van der Waals surface area contributed by atoms with Crippen LogP contribution in [0.5, 0.6) is 0 Å². The first-order valence-corrected chi connectivity index (χ1v) is 7.94. The van der Waals surface area contributed by atoms with Gasteiger partial charge >= 0.3 is 12.0 Å². The molecular formula is C15H28N2O4. The Labute approximate surface area is 126 Å². The van der Waals surface area contributed by atoms with Crippen LogP contribution in [0, 0.1) is 5.92 Å². The molecule has 0 radical (unpaired) electrons. The molecule has 6 nitrogen and oxygen atoms in total. The molecule has 1 saturated heterocycles. The van der Waals surface area contributed by atoms with Gasteiger partial charge in [0.05, 0.1) is 6.61 Å². The molecule has 2 amide bonds. The number of rotatable bonds is 7. The molecule has 0 aromatic rings. The van der Waals surface area contributed by atoms with Crippen LogP contribution in [0.4, 0.5) is 4.79 Å². The first kappa shape index (κ1) is 17.8. The summed E-state index contributed by atoms with van der Waals surface area (Å²) in [5, 5.41) is 18.5. The van der Waals surface area contributed by atoms with E-state index in [2.05, 4.69) is 6.92 Å². The van der Waals surface area contributed by atoms with Gasteiger partial charge in [-0.1, -0.05) is 26.7 Å². The summed E-state index contributed by atoms with van der Waals surface area (Å²) in [7, 11) is 0. The first-order chi connectivity index (χ1) is 10.0. The average molecular weight is 300 g/mol. The van der Waals surface area contributed by atoms with E-state index >= 15 is 0 Å². The molecule has 6 heteroatoms. The van der Waals surface area contributed by atoms with Crippen molar-refractivity contribution in [3.63, 3.8) is 0 Å². The van der Waals surface area contributed by atoms with E-state index in [-0.39, 0.29) is 19.2 Å². The topological polar surface area (TPSA) is 81.1 Å². The number of unbranched alkanes of at least 4 members (excludes halogenated alkanes) is 1. The molecular weight excluding hydrogens is 272 g/mol. The standard InChI is InChI=1S/C15H28N2O4/c1-3-5-7-16(9-10-18)15(21)17-8-6-12(4-2)11-13(17)14(19)20/h12-13,18H,3-11H2,1-2H3,(H,19,20). The summed E-state index contributed by atoms with van der Waals surface area (Å²) in [5.41, 5.74) is 0. The predicted molar refractivity (Wildman–Crippen MR) is 80.1 cm³/mol. The monoisotopic (exact) mass is 300 g/mol. The fourth-order valence-corrected chi connectivity index (χ4v) is 2.83. The summed E-state index contributed by atoms with van der Waals surface area (Å²) < 4.78 is 0. The Kier molecular flexibility index (Phi) is 7.50. The van der Waals surface area contributed by atoms with Crippen LogP contribution in [0.25, 0.3) is 0 Å². The van der Waals surface area contributed by atoms with Crippen LogP contribution < -0.4 is 0 Å². The van der Waals surface area contributed by atoms with Crippen LogP contribution >= 0.6 is 0 Å². The van der Waals surface area contributed by atoms with Crippen molar-refractivity contribution in [3.05, 3.63) is 0 Å². The lowest BCUT2D eigenvalue weighted by atomic mass is 9.89. The van der Waals surface area contributed by atoms with E-state index in [0.29, 0.717) is 25.4 Å². The van der Waals surface area contributed by atoms with E-state index < -0.39 is 12.0 Å². The molecule has 21 heavy (non-hydrogen) atoms. The number of hydrogen-bond donors (Lipinski definition) is 2. The normalized spacial score (nSPS) is 22.1. The number of hydrogen-bond acceptors (Lipinski definition) is 3. The maximum absolute atomic E-state index is 12.6.